The Morgan fingerprint density at radius 3 is 2.92 bits per heavy atom. The Kier molecular flexibility index (Phi) is 4.81. The lowest BCUT2D eigenvalue weighted by atomic mass is 10.1. The summed E-state index contributed by atoms with van der Waals surface area (Å²) >= 11 is 0. The number of pyridine rings is 1. The number of benzene rings is 1. The number of nitrogens with zero attached hydrogens (tertiary/aromatic N) is 3. The SMILES string of the molecule is COc1cccc(CCC(=O)Nc2nnc(-c3ccccn3)[nH]2)c1. The summed E-state index contributed by atoms with van der Waals surface area (Å²) in [5, 5.41) is 10.6. The van der Waals surface area contributed by atoms with Crippen LogP contribution in [0.3, 0.4) is 0 Å². The minimum atomic E-state index is -0.137. The third kappa shape index (κ3) is 3.95. The van der Waals surface area contributed by atoms with Gasteiger partial charge in [0.05, 0.1) is 7.11 Å². The molecule has 1 amide bonds. The van der Waals surface area contributed by atoms with E-state index >= 15 is 0 Å². The number of H-pyrrole nitrogens is 1. The summed E-state index contributed by atoms with van der Waals surface area (Å²) in [6.45, 7) is 0. The van der Waals surface area contributed by atoms with Crippen LogP contribution < -0.4 is 10.1 Å². The van der Waals surface area contributed by atoms with Crippen molar-refractivity contribution in [2.75, 3.05) is 12.4 Å². The smallest absolute Gasteiger partial charge is 0.228 e. The van der Waals surface area contributed by atoms with E-state index in [9.17, 15) is 4.79 Å². The molecule has 3 aromatic rings. The molecule has 0 fully saturated rings. The highest BCUT2D eigenvalue weighted by molar-refractivity contribution is 5.89. The molecule has 24 heavy (non-hydrogen) atoms. The van der Waals surface area contributed by atoms with E-state index in [1.807, 2.05) is 42.5 Å². The minimum Gasteiger partial charge on any atom is -0.497 e. The molecule has 0 unspecified atom stereocenters. The molecule has 0 spiro atoms. The van der Waals surface area contributed by atoms with Gasteiger partial charge in [-0.1, -0.05) is 18.2 Å². The average molecular weight is 323 g/mol. The van der Waals surface area contributed by atoms with Crippen molar-refractivity contribution in [3.63, 3.8) is 0 Å². The number of aromatic amines is 1. The molecule has 7 nitrogen and oxygen atoms in total. The number of methoxy groups -OCH3 is 1. The number of aromatic nitrogens is 4. The summed E-state index contributed by atoms with van der Waals surface area (Å²) < 4.78 is 5.17. The number of nitrogens with one attached hydrogen (secondary N) is 2. The molecule has 0 radical (unpaired) electrons. The number of amides is 1. The quantitative estimate of drug-likeness (QED) is 0.727. The van der Waals surface area contributed by atoms with Gasteiger partial charge < -0.3 is 9.72 Å². The van der Waals surface area contributed by atoms with E-state index in [2.05, 4.69) is 25.5 Å². The summed E-state index contributed by atoms with van der Waals surface area (Å²) in [5.74, 6) is 1.47. The summed E-state index contributed by atoms with van der Waals surface area (Å²) in [6, 6.07) is 13.1. The van der Waals surface area contributed by atoms with Crippen LogP contribution in [0.4, 0.5) is 5.95 Å². The number of aryl methyl sites for hydroxylation is 1. The molecule has 3 rings (SSSR count). The van der Waals surface area contributed by atoms with Crippen LogP contribution in [0, 0.1) is 0 Å². The average Bonchev–Trinajstić information content (AvgIpc) is 3.09. The van der Waals surface area contributed by atoms with E-state index in [0.717, 1.165) is 11.3 Å². The maximum absolute atomic E-state index is 12.0. The fourth-order valence-electron chi connectivity index (χ4n) is 2.22. The Morgan fingerprint density at radius 2 is 2.12 bits per heavy atom. The van der Waals surface area contributed by atoms with Crippen molar-refractivity contribution in [2.24, 2.45) is 0 Å². The summed E-state index contributed by atoms with van der Waals surface area (Å²) in [4.78, 5) is 19.2. The summed E-state index contributed by atoms with van der Waals surface area (Å²) in [5.41, 5.74) is 1.71. The van der Waals surface area contributed by atoms with Gasteiger partial charge >= 0.3 is 0 Å². The predicted molar refractivity (Wildman–Crippen MR) is 89.6 cm³/mol. The molecule has 0 aliphatic rings. The second-order valence-electron chi connectivity index (χ2n) is 5.14. The lowest BCUT2D eigenvalue weighted by Crippen LogP contribution is -2.13. The van der Waals surface area contributed by atoms with Crippen LogP contribution in [0.25, 0.3) is 11.5 Å². The van der Waals surface area contributed by atoms with Gasteiger partial charge in [0.1, 0.15) is 11.4 Å². The number of ether oxygens (including phenoxy) is 1. The highest BCUT2D eigenvalue weighted by Crippen LogP contribution is 2.15. The van der Waals surface area contributed by atoms with Crippen molar-refractivity contribution < 1.29 is 9.53 Å². The van der Waals surface area contributed by atoms with Crippen LogP contribution in [0.5, 0.6) is 5.75 Å². The molecule has 2 aromatic heterocycles. The fourth-order valence-corrected chi connectivity index (χ4v) is 2.22. The van der Waals surface area contributed by atoms with Gasteiger partial charge in [0.25, 0.3) is 0 Å². The first kappa shape index (κ1) is 15.7. The van der Waals surface area contributed by atoms with E-state index in [0.29, 0.717) is 30.3 Å². The van der Waals surface area contributed by atoms with Crippen LogP contribution in [-0.4, -0.2) is 33.2 Å². The van der Waals surface area contributed by atoms with Gasteiger partial charge in [0.15, 0.2) is 5.82 Å². The van der Waals surface area contributed by atoms with Crippen molar-refractivity contribution in [3.05, 3.63) is 54.2 Å². The maximum atomic E-state index is 12.0. The van der Waals surface area contributed by atoms with Gasteiger partial charge in [-0.2, -0.15) is 0 Å². The van der Waals surface area contributed by atoms with Crippen LogP contribution in [0.15, 0.2) is 48.7 Å². The third-order valence-corrected chi connectivity index (χ3v) is 3.43. The molecular formula is C17H17N5O2. The van der Waals surface area contributed by atoms with Gasteiger partial charge in [-0.05, 0) is 36.2 Å². The van der Waals surface area contributed by atoms with E-state index < -0.39 is 0 Å². The third-order valence-electron chi connectivity index (χ3n) is 3.43. The van der Waals surface area contributed by atoms with E-state index in [4.69, 9.17) is 4.74 Å². The van der Waals surface area contributed by atoms with Crippen LogP contribution >= 0.6 is 0 Å². The second kappa shape index (κ2) is 7.36. The zero-order valence-corrected chi connectivity index (χ0v) is 13.2. The topological polar surface area (TPSA) is 92.8 Å². The lowest BCUT2D eigenvalue weighted by molar-refractivity contribution is -0.116. The molecule has 1 aromatic carbocycles. The normalized spacial score (nSPS) is 10.4. The van der Waals surface area contributed by atoms with E-state index in [-0.39, 0.29) is 5.91 Å². The first-order valence-corrected chi connectivity index (χ1v) is 7.51. The zero-order valence-electron chi connectivity index (χ0n) is 13.2. The minimum absolute atomic E-state index is 0.137. The van der Waals surface area contributed by atoms with Crippen LogP contribution in [-0.2, 0) is 11.2 Å². The van der Waals surface area contributed by atoms with Crippen molar-refractivity contribution in [1.29, 1.82) is 0 Å². The lowest BCUT2D eigenvalue weighted by Gasteiger charge is -2.04. The largest absolute Gasteiger partial charge is 0.497 e. The standard InChI is InChI=1S/C17H17N5O2/c1-24-13-6-4-5-12(11-13)8-9-15(23)19-17-20-16(21-22-17)14-7-2-3-10-18-14/h2-7,10-11H,8-9H2,1H3,(H2,19,20,21,22,23). The molecule has 0 saturated heterocycles. The Balaban J connectivity index is 1.56. The molecule has 0 atom stereocenters. The van der Waals surface area contributed by atoms with Gasteiger partial charge in [0, 0.05) is 12.6 Å². The van der Waals surface area contributed by atoms with Gasteiger partial charge in [-0.15, -0.1) is 10.2 Å². The monoisotopic (exact) mass is 323 g/mol. The van der Waals surface area contributed by atoms with Crippen molar-refractivity contribution in [3.8, 4) is 17.3 Å². The van der Waals surface area contributed by atoms with E-state index in [1.165, 1.54) is 0 Å². The second-order valence-corrected chi connectivity index (χ2v) is 5.14. The Hall–Kier alpha value is -3.22. The first-order valence-electron chi connectivity index (χ1n) is 7.51. The molecule has 7 heteroatoms. The molecule has 0 aliphatic carbocycles. The number of carbonyl (C=O) groups excluding carboxylic acids is 1. The molecule has 122 valence electrons. The zero-order chi connectivity index (χ0) is 16.8. The number of anilines is 1. The van der Waals surface area contributed by atoms with E-state index in [1.54, 1.807) is 13.3 Å². The molecule has 0 bridgehead atoms. The van der Waals surface area contributed by atoms with Crippen molar-refractivity contribution in [2.45, 2.75) is 12.8 Å². The fraction of sp³-hybridized carbons (Fsp3) is 0.176. The van der Waals surface area contributed by atoms with Gasteiger partial charge in [-0.25, -0.2) is 0 Å². The highest BCUT2D eigenvalue weighted by Gasteiger charge is 2.09. The Morgan fingerprint density at radius 1 is 1.21 bits per heavy atom. The van der Waals surface area contributed by atoms with Crippen molar-refractivity contribution in [1.82, 2.24) is 20.2 Å². The number of hydrogen-bond acceptors (Lipinski definition) is 5. The van der Waals surface area contributed by atoms with Gasteiger partial charge in [-0.3, -0.25) is 15.1 Å². The molecular weight excluding hydrogens is 306 g/mol. The summed E-state index contributed by atoms with van der Waals surface area (Å²) in [7, 11) is 1.62. The molecule has 0 saturated carbocycles. The summed E-state index contributed by atoms with van der Waals surface area (Å²) in [6.07, 6.45) is 2.63. The number of hydrogen-bond donors (Lipinski definition) is 2. The highest BCUT2D eigenvalue weighted by atomic mass is 16.5. The Bertz CT molecular complexity index is 817. The van der Waals surface area contributed by atoms with Gasteiger partial charge in [0.2, 0.25) is 11.9 Å². The Labute approximate surface area is 139 Å². The number of carbonyl (C=O) groups is 1. The molecule has 2 N–H and O–H groups in total. The predicted octanol–water partition coefficient (Wildman–Crippen LogP) is 2.45. The van der Waals surface area contributed by atoms with Crippen LogP contribution in [0.1, 0.15) is 12.0 Å². The first-order chi connectivity index (χ1) is 11.7. The van der Waals surface area contributed by atoms with Crippen molar-refractivity contribution >= 4 is 11.9 Å². The maximum Gasteiger partial charge on any atom is 0.228 e. The molecule has 2 heterocycles. The molecule has 0 aliphatic heterocycles. The van der Waals surface area contributed by atoms with Crippen LogP contribution in [0.2, 0.25) is 0 Å². The number of rotatable bonds is 6.